The first-order valence-corrected chi connectivity index (χ1v) is 13.2. The molecule has 2 aromatic rings. The maximum atomic E-state index is 15.4. The summed E-state index contributed by atoms with van der Waals surface area (Å²) >= 11 is 0. The van der Waals surface area contributed by atoms with Crippen LogP contribution < -0.4 is 15.8 Å². The first-order valence-electron chi connectivity index (χ1n) is 11.7. The van der Waals surface area contributed by atoms with E-state index in [0.29, 0.717) is 16.7 Å². The smallest absolute Gasteiger partial charge is 0.403 e. The number of hydrogen-bond donors (Lipinski definition) is 1. The van der Waals surface area contributed by atoms with Gasteiger partial charge < -0.3 is 9.26 Å². The average Bonchev–Trinajstić information content (AvgIpc) is 3.22. The summed E-state index contributed by atoms with van der Waals surface area (Å²) in [7, 11) is -4.08. The van der Waals surface area contributed by atoms with E-state index in [1.165, 1.54) is 10.8 Å². The molecule has 2 aliphatic rings. The molecule has 0 radical (unpaired) electrons. The topological polar surface area (TPSA) is 109 Å². The van der Waals surface area contributed by atoms with Gasteiger partial charge in [-0.3, -0.25) is 23.4 Å². The maximum Gasteiger partial charge on any atom is 0.530 e. The van der Waals surface area contributed by atoms with Crippen LogP contribution in [0.2, 0.25) is 0 Å². The number of hydrogen-bond acceptors (Lipinski definition) is 7. The third kappa shape index (κ3) is 5.13. The predicted octanol–water partition coefficient (Wildman–Crippen LogP) is 4.77. The number of H-pyrrole nitrogens is 1. The van der Waals surface area contributed by atoms with Gasteiger partial charge >= 0.3 is 13.5 Å². The van der Waals surface area contributed by atoms with Crippen LogP contribution >= 0.6 is 7.82 Å². The van der Waals surface area contributed by atoms with Crippen molar-refractivity contribution in [2.24, 2.45) is 0 Å². The van der Waals surface area contributed by atoms with Crippen LogP contribution in [-0.4, -0.2) is 22.3 Å². The molecule has 36 heavy (non-hydrogen) atoms. The number of nitrogens with zero attached hydrogens (tertiary/aromatic N) is 1. The van der Waals surface area contributed by atoms with Crippen molar-refractivity contribution >= 4 is 7.82 Å². The molecule has 0 aliphatic carbocycles. The number of aromatic amines is 1. The summed E-state index contributed by atoms with van der Waals surface area (Å²) in [5.74, 6) is -0.262. The van der Waals surface area contributed by atoms with Crippen molar-refractivity contribution in [3.05, 3.63) is 73.3 Å². The fourth-order valence-electron chi connectivity index (χ4n) is 4.06. The third-order valence-electron chi connectivity index (χ3n) is 6.12. The molecule has 3 atom stereocenters. The number of halogens is 1. The van der Waals surface area contributed by atoms with E-state index in [4.69, 9.17) is 18.3 Å². The highest BCUT2D eigenvalue weighted by atomic mass is 31.2. The molecule has 0 saturated carbocycles. The molecule has 0 fully saturated rings. The zero-order chi connectivity index (χ0) is 26.6. The van der Waals surface area contributed by atoms with Gasteiger partial charge in [0.15, 0.2) is 6.23 Å². The number of nitrogens with one attached hydrogen (secondary N) is 1. The molecule has 0 bridgehead atoms. The Morgan fingerprint density at radius 3 is 2.44 bits per heavy atom. The average molecular weight is 523 g/mol. The minimum absolute atomic E-state index is 0.179. The Balaban J connectivity index is 1.53. The van der Waals surface area contributed by atoms with Gasteiger partial charge in [0.25, 0.3) is 5.56 Å². The van der Waals surface area contributed by atoms with Crippen molar-refractivity contribution in [1.29, 1.82) is 0 Å². The number of phosphoric ester groups is 1. The lowest BCUT2D eigenvalue weighted by molar-refractivity contribution is -0.0131. The Hall–Kier alpha value is -2.52. The summed E-state index contributed by atoms with van der Waals surface area (Å²) < 4.78 is 52.5. The minimum Gasteiger partial charge on any atom is -0.403 e. The molecule has 1 aromatic heterocycles. The Bertz CT molecular complexity index is 1380. The summed E-state index contributed by atoms with van der Waals surface area (Å²) in [5.41, 5.74) is -0.152. The number of phosphoric acid groups is 1. The van der Waals surface area contributed by atoms with Crippen LogP contribution in [0.5, 0.6) is 5.75 Å². The molecular formula is C25H32FN2O7P. The van der Waals surface area contributed by atoms with Crippen LogP contribution in [0, 0.1) is 12.7 Å². The van der Waals surface area contributed by atoms with Crippen molar-refractivity contribution in [3.8, 4) is 5.75 Å². The van der Waals surface area contributed by atoms with Crippen LogP contribution in [0.3, 0.4) is 0 Å². The standard InChI is InChI=1S/C25H32FN2O7P/c1-14-11-28(23(30)27-22(14)29)19-9-8-15(34-19)12-32-36(31)33-13-16-20(26)17(24(2,3)4)10-18(21(16)35-36)25(5,6)7/h8-11,15,19H,12-13H2,1-7H3,(H,27,29,30)/t15-,19+,36?/m0/s1. The highest BCUT2D eigenvalue weighted by Crippen LogP contribution is 2.57. The highest BCUT2D eigenvalue weighted by molar-refractivity contribution is 7.49. The normalized spacial score (nSPS) is 24.0. The Labute approximate surface area is 208 Å². The number of rotatable bonds is 4. The molecule has 11 heteroatoms. The SMILES string of the molecule is Cc1cn([C@H]2C=C[C@@H](COP3(=O)OCc4c(F)c(C(C)(C)C)cc(C(C)(C)C)c4O3)O2)c(=O)[nH]c1=O. The first-order chi connectivity index (χ1) is 16.6. The van der Waals surface area contributed by atoms with Crippen LogP contribution in [0.15, 0.2) is 34.0 Å². The van der Waals surface area contributed by atoms with E-state index in [9.17, 15) is 14.2 Å². The lowest BCUT2D eigenvalue weighted by Crippen LogP contribution is -2.33. The van der Waals surface area contributed by atoms with Gasteiger partial charge in [-0.1, -0.05) is 47.6 Å². The lowest BCUT2D eigenvalue weighted by atomic mass is 9.78. The van der Waals surface area contributed by atoms with Gasteiger partial charge in [0.2, 0.25) is 0 Å². The molecule has 1 unspecified atom stereocenters. The summed E-state index contributed by atoms with van der Waals surface area (Å²) in [6.45, 7) is 12.8. The molecule has 2 aliphatic heterocycles. The fraction of sp³-hybridized carbons (Fsp3) is 0.520. The van der Waals surface area contributed by atoms with Crippen LogP contribution in [0.4, 0.5) is 4.39 Å². The van der Waals surface area contributed by atoms with Crippen molar-refractivity contribution in [2.45, 2.75) is 78.2 Å². The van der Waals surface area contributed by atoms with Gasteiger partial charge in [-0.15, -0.1) is 0 Å². The summed E-state index contributed by atoms with van der Waals surface area (Å²) in [4.78, 5) is 26.0. The molecule has 3 heterocycles. The van der Waals surface area contributed by atoms with Gasteiger partial charge in [-0.25, -0.2) is 13.8 Å². The van der Waals surface area contributed by atoms with E-state index in [-0.39, 0.29) is 24.5 Å². The summed E-state index contributed by atoms with van der Waals surface area (Å²) in [5, 5.41) is 0. The van der Waals surface area contributed by atoms with E-state index in [1.54, 1.807) is 25.1 Å². The minimum atomic E-state index is -4.08. The Morgan fingerprint density at radius 1 is 1.14 bits per heavy atom. The molecule has 1 aromatic carbocycles. The second-order valence-electron chi connectivity index (χ2n) is 11.1. The Morgan fingerprint density at radius 2 is 1.81 bits per heavy atom. The Kier molecular flexibility index (Phi) is 6.71. The number of ether oxygens (including phenoxy) is 1. The second kappa shape index (κ2) is 9.10. The zero-order valence-electron chi connectivity index (χ0n) is 21.5. The van der Waals surface area contributed by atoms with E-state index in [0.717, 1.165) is 0 Å². The number of aromatic nitrogens is 2. The lowest BCUT2D eigenvalue weighted by Gasteiger charge is -2.33. The number of aryl methyl sites for hydroxylation is 1. The molecular weight excluding hydrogens is 490 g/mol. The molecule has 1 N–H and O–H groups in total. The third-order valence-corrected chi connectivity index (χ3v) is 7.43. The largest absolute Gasteiger partial charge is 0.530 e. The van der Waals surface area contributed by atoms with Gasteiger partial charge in [-0.05, 0) is 35.5 Å². The zero-order valence-corrected chi connectivity index (χ0v) is 22.4. The highest BCUT2D eigenvalue weighted by Gasteiger charge is 2.41. The van der Waals surface area contributed by atoms with Crippen LogP contribution in [-0.2, 0) is 35.8 Å². The van der Waals surface area contributed by atoms with Crippen molar-refractivity contribution in [1.82, 2.24) is 9.55 Å². The van der Waals surface area contributed by atoms with Crippen LogP contribution in [0.25, 0.3) is 0 Å². The van der Waals surface area contributed by atoms with Gasteiger partial charge in [0, 0.05) is 17.3 Å². The number of benzene rings is 1. The van der Waals surface area contributed by atoms with E-state index in [1.807, 2.05) is 41.5 Å². The van der Waals surface area contributed by atoms with E-state index >= 15 is 4.39 Å². The van der Waals surface area contributed by atoms with Crippen LogP contribution in [0.1, 0.15) is 70.0 Å². The molecule has 4 rings (SSSR count). The van der Waals surface area contributed by atoms with Crippen molar-refractivity contribution in [2.75, 3.05) is 6.61 Å². The van der Waals surface area contributed by atoms with Crippen molar-refractivity contribution < 1.29 is 27.3 Å². The number of fused-ring (bicyclic) bond motifs is 1. The predicted molar refractivity (Wildman–Crippen MR) is 132 cm³/mol. The summed E-state index contributed by atoms with van der Waals surface area (Å²) in [6.07, 6.45) is 3.25. The van der Waals surface area contributed by atoms with E-state index in [2.05, 4.69) is 4.98 Å². The van der Waals surface area contributed by atoms with Gasteiger partial charge in [-0.2, -0.15) is 0 Å². The van der Waals surface area contributed by atoms with Gasteiger partial charge in [0.05, 0.1) is 18.8 Å². The van der Waals surface area contributed by atoms with E-state index < -0.39 is 48.1 Å². The summed E-state index contributed by atoms with van der Waals surface area (Å²) in [6, 6.07) is 1.77. The molecule has 9 nitrogen and oxygen atoms in total. The molecule has 196 valence electrons. The van der Waals surface area contributed by atoms with Gasteiger partial charge in [0.1, 0.15) is 17.7 Å². The first kappa shape index (κ1) is 26.5. The monoisotopic (exact) mass is 522 g/mol. The fourth-order valence-corrected chi connectivity index (χ4v) is 5.29. The molecule has 0 amide bonds. The van der Waals surface area contributed by atoms with Crippen molar-refractivity contribution in [3.63, 3.8) is 0 Å². The molecule has 0 spiro atoms. The quantitative estimate of drug-likeness (QED) is 0.455. The molecule has 0 saturated heterocycles. The second-order valence-corrected chi connectivity index (χ2v) is 12.7. The maximum absolute atomic E-state index is 15.4.